The minimum absolute atomic E-state index is 0.563. The summed E-state index contributed by atoms with van der Waals surface area (Å²) in [6.45, 7) is 6.81. The number of anilines is 2. The molecule has 0 spiro atoms. The first kappa shape index (κ1) is 23.4. The molecule has 0 saturated carbocycles. The number of methoxy groups -OCH3 is 1. The van der Waals surface area contributed by atoms with E-state index < -0.39 is 11.7 Å². The summed E-state index contributed by atoms with van der Waals surface area (Å²) in [6.07, 6.45) is 1.93. The van der Waals surface area contributed by atoms with Crippen molar-refractivity contribution in [1.82, 2.24) is 0 Å². The van der Waals surface area contributed by atoms with E-state index in [9.17, 15) is 13.2 Å². The van der Waals surface area contributed by atoms with Crippen LogP contribution in [0.3, 0.4) is 0 Å². The van der Waals surface area contributed by atoms with Crippen LogP contribution in [0.25, 0.3) is 0 Å². The number of halogens is 3. The van der Waals surface area contributed by atoms with Crippen LogP contribution in [-0.4, -0.2) is 13.7 Å². The summed E-state index contributed by atoms with van der Waals surface area (Å²) in [4.78, 5) is 0. The molecule has 2 rings (SSSR count). The van der Waals surface area contributed by atoms with E-state index in [-0.39, 0.29) is 0 Å². The molecule has 2 aromatic carbocycles. The summed E-state index contributed by atoms with van der Waals surface area (Å²) in [5.74, 6) is 0.738. The zero-order chi connectivity index (χ0) is 22.1. The van der Waals surface area contributed by atoms with Crippen LogP contribution < -0.4 is 15.2 Å². The molecule has 0 heterocycles. The predicted octanol–water partition coefficient (Wildman–Crippen LogP) is 7.24. The molecule has 2 aromatic rings. The third-order valence-corrected chi connectivity index (χ3v) is 4.57. The van der Waals surface area contributed by atoms with Crippen LogP contribution in [0.2, 0.25) is 0 Å². The molecular formula is C24H29F3N2O. The molecule has 1 N–H and O–H groups in total. The van der Waals surface area contributed by atoms with Crippen LogP contribution in [0.1, 0.15) is 39.2 Å². The van der Waals surface area contributed by atoms with E-state index >= 15 is 0 Å². The topological polar surface area (TPSA) is 24.5 Å². The van der Waals surface area contributed by atoms with Gasteiger partial charge in [0.05, 0.1) is 30.6 Å². The van der Waals surface area contributed by atoms with Gasteiger partial charge in [0.25, 0.3) is 0 Å². The Hall–Kier alpha value is -2.89. The van der Waals surface area contributed by atoms with Gasteiger partial charge in [0.15, 0.2) is 0 Å². The van der Waals surface area contributed by atoms with Gasteiger partial charge < -0.3 is 4.74 Å². The summed E-state index contributed by atoms with van der Waals surface area (Å²) in [6, 6.07) is 12.5. The molecule has 0 atom stereocenters. The van der Waals surface area contributed by atoms with E-state index in [0.717, 1.165) is 36.4 Å². The molecule has 6 heteroatoms. The second-order valence-corrected chi connectivity index (χ2v) is 7.37. The van der Waals surface area contributed by atoms with Crippen molar-refractivity contribution in [2.45, 2.75) is 39.8 Å². The highest BCUT2D eigenvalue weighted by Gasteiger charge is 2.30. The minimum atomic E-state index is -4.35. The van der Waals surface area contributed by atoms with Gasteiger partial charge in [-0.1, -0.05) is 23.3 Å². The van der Waals surface area contributed by atoms with Crippen molar-refractivity contribution in [3.63, 3.8) is 0 Å². The van der Waals surface area contributed by atoms with Gasteiger partial charge in [0.2, 0.25) is 0 Å². The highest BCUT2D eigenvalue weighted by Crippen LogP contribution is 2.30. The van der Waals surface area contributed by atoms with Gasteiger partial charge in [0, 0.05) is 0 Å². The molecule has 162 valence electrons. The molecule has 0 aliphatic heterocycles. The van der Waals surface area contributed by atoms with Crippen LogP contribution in [0.15, 0.2) is 71.8 Å². The molecule has 0 fully saturated rings. The SMILES string of the molecule is COc1ccc(N(C/C=C(\C)CCC=C(C)C)Nc2ccc(C(F)(F)F)cc2)cc1. The molecule has 0 aliphatic carbocycles. The van der Waals surface area contributed by atoms with Crippen molar-refractivity contribution >= 4 is 11.4 Å². The number of hydrogen-bond acceptors (Lipinski definition) is 3. The van der Waals surface area contributed by atoms with Gasteiger partial charge in [-0.2, -0.15) is 13.2 Å². The average molecular weight is 419 g/mol. The van der Waals surface area contributed by atoms with E-state index in [4.69, 9.17) is 4.74 Å². The molecule has 0 amide bonds. The highest BCUT2D eigenvalue weighted by molar-refractivity contribution is 5.57. The maximum atomic E-state index is 12.8. The van der Waals surface area contributed by atoms with Crippen molar-refractivity contribution in [2.24, 2.45) is 0 Å². The summed E-state index contributed by atoms with van der Waals surface area (Å²) >= 11 is 0. The lowest BCUT2D eigenvalue weighted by Gasteiger charge is -2.26. The fourth-order valence-electron chi connectivity index (χ4n) is 2.81. The lowest BCUT2D eigenvalue weighted by Crippen LogP contribution is -2.30. The second-order valence-electron chi connectivity index (χ2n) is 7.37. The molecular weight excluding hydrogens is 389 g/mol. The number of ether oxygens (including phenoxy) is 1. The van der Waals surface area contributed by atoms with Gasteiger partial charge in [-0.15, -0.1) is 0 Å². The third-order valence-electron chi connectivity index (χ3n) is 4.57. The van der Waals surface area contributed by atoms with Crippen molar-refractivity contribution in [3.05, 3.63) is 77.4 Å². The van der Waals surface area contributed by atoms with Crippen molar-refractivity contribution in [1.29, 1.82) is 0 Å². The smallest absolute Gasteiger partial charge is 0.416 e. The maximum absolute atomic E-state index is 12.8. The summed E-state index contributed by atoms with van der Waals surface area (Å²) in [5, 5.41) is 1.90. The van der Waals surface area contributed by atoms with Crippen molar-refractivity contribution in [2.75, 3.05) is 24.1 Å². The normalized spacial score (nSPS) is 11.8. The van der Waals surface area contributed by atoms with Crippen molar-refractivity contribution < 1.29 is 17.9 Å². The Morgan fingerprint density at radius 3 is 2.13 bits per heavy atom. The fourth-order valence-corrected chi connectivity index (χ4v) is 2.81. The lowest BCUT2D eigenvalue weighted by atomic mass is 10.1. The van der Waals surface area contributed by atoms with E-state index in [0.29, 0.717) is 12.2 Å². The first-order chi connectivity index (χ1) is 14.2. The van der Waals surface area contributed by atoms with Gasteiger partial charge in [-0.25, -0.2) is 0 Å². The number of nitrogens with one attached hydrogen (secondary N) is 1. The number of nitrogens with zero attached hydrogens (tertiary/aromatic N) is 1. The zero-order valence-corrected chi connectivity index (χ0v) is 17.9. The van der Waals surface area contributed by atoms with Crippen molar-refractivity contribution in [3.8, 4) is 5.75 Å². The van der Waals surface area contributed by atoms with Crippen LogP contribution in [0.4, 0.5) is 24.5 Å². The molecule has 0 unspecified atom stereocenters. The minimum Gasteiger partial charge on any atom is -0.497 e. The number of hydrogen-bond donors (Lipinski definition) is 1. The molecule has 0 bridgehead atoms. The second kappa shape index (κ2) is 10.8. The largest absolute Gasteiger partial charge is 0.497 e. The van der Waals surface area contributed by atoms with E-state index in [1.54, 1.807) is 7.11 Å². The van der Waals surface area contributed by atoms with Crippen LogP contribution >= 0.6 is 0 Å². The number of rotatable bonds is 9. The highest BCUT2D eigenvalue weighted by atomic mass is 19.4. The average Bonchev–Trinajstić information content (AvgIpc) is 2.70. The predicted molar refractivity (Wildman–Crippen MR) is 118 cm³/mol. The fraction of sp³-hybridized carbons (Fsp3) is 0.333. The van der Waals surface area contributed by atoms with Crippen LogP contribution in [0.5, 0.6) is 5.75 Å². The Bertz CT molecular complexity index is 850. The number of alkyl halides is 3. The molecule has 0 aliphatic rings. The number of benzene rings is 2. The molecule has 30 heavy (non-hydrogen) atoms. The molecule has 0 saturated heterocycles. The number of allylic oxidation sites excluding steroid dienone is 3. The summed E-state index contributed by atoms with van der Waals surface area (Å²) < 4.78 is 43.7. The Kier molecular flexibility index (Phi) is 8.39. The number of hydrazine groups is 1. The maximum Gasteiger partial charge on any atom is 0.416 e. The third kappa shape index (κ3) is 7.50. The molecule has 0 aromatic heterocycles. The monoisotopic (exact) mass is 418 g/mol. The van der Waals surface area contributed by atoms with E-state index in [1.165, 1.54) is 23.3 Å². The Morgan fingerprint density at radius 2 is 1.60 bits per heavy atom. The van der Waals surface area contributed by atoms with Gasteiger partial charge in [0.1, 0.15) is 5.75 Å². The zero-order valence-electron chi connectivity index (χ0n) is 17.9. The lowest BCUT2D eigenvalue weighted by molar-refractivity contribution is -0.137. The van der Waals surface area contributed by atoms with Gasteiger partial charge >= 0.3 is 6.18 Å². The van der Waals surface area contributed by atoms with Crippen LogP contribution in [-0.2, 0) is 6.18 Å². The Labute approximate surface area is 176 Å². The summed E-state index contributed by atoms with van der Waals surface area (Å²) in [5.41, 5.74) is 6.55. The van der Waals surface area contributed by atoms with Gasteiger partial charge in [-0.05, 0) is 82.1 Å². The Balaban J connectivity index is 2.17. The van der Waals surface area contributed by atoms with E-state index in [2.05, 4.69) is 38.3 Å². The quantitative estimate of drug-likeness (QED) is 0.343. The Morgan fingerprint density at radius 1 is 0.967 bits per heavy atom. The first-order valence-electron chi connectivity index (χ1n) is 9.83. The molecule has 3 nitrogen and oxygen atoms in total. The summed E-state index contributed by atoms with van der Waals surface area (Å²) in [7, 11) is 1.60. The molecule has 0 radical (unpaired) electrons. The standard InChI is InChI=1S/C24H29F3N2O/c1-18(2)6-5-7-19(3)16-17-29(22-12-14-23(30-4)15-13-22)28-21-10-8-20(9-11-21)24(25,26)27/h6,8-16,28H,5,7,17H2,1-4H3/b19-16+. The van der Waals surface area contributed by atoms with Crippen LogP contribution in [0, 0.1) is 0 Å². The van der Waals surface area contributed by atoms with E-state index in [1.807, 2.05) is 29.3 Å². The van der Waals surface area contributed by atoms with Gasteiger partial charge in [-0.3, -0.25) is 10.4 Å². The first-order valence-corrected chi connectivity index (χ1v) is 9.83.